The Hall–Kier alpha value is -0.570. The van der Waals surface area contributed by atoms with Crippen LogP contribution in [0.3, 0.4) is 0 Å². The van der Waals surface area contributed by atoms with Gasteiger partial charge in [0, 0.05) is 19.5 Å². The molecule has 16 heavy (non-hydrogen) atoms. The predicted molar refractivity (Wildman–Crippen MR) is 64.8 cm³/mol. The lowest BCUT2D eigenvalue weighted by molar-refractivity contribution is -0.135. The van der Waals surface area contributed by atoms with Crippen LogP contribution in [0.25, 0.3) is 0 Å². The first kappa shape index (κ1) is 11.9. The Labute approximate surface area is 98.4 Å². The van der Waals surface area contributed by atoms with Crippen LogP contribution in [0.1, 0.15) is 32.6 Å². The summed E-state index contributed by atoms with van der Waals surface area (Å²) in [5.74, 6) is 2.57. The van der Waals surface area contributed by atoms with Gasteiger partial charge in [-0.05, 0) is 43.6 Å². The van der Waals surface area contributed by atoms with Crippen molar-refractivity contribution in [2.24, 2.45) is 29.4 Å². The molecule has 3 nitrogen and oxygen atoms in total. The minimum Gasteiger partial charge on any atom is -0.345 e. The summed E-state index contributed by atoms with van der Waals surface area (Å²) < 4.78 is 0. The van der Waals surface area contributed by atoms with Crippen LogP contribution in [-0.4, -0.2) is 30.9 Å². The second-order valence-electron chi connectivity index (χ2n) is 5.73. The van der Waals surface area contributed by atoms with Crippen molar-refractivity contribution in [3.05, 3.63) is 0 Å². The Bertz CT molecular complexity index is 267. The van der Waals surface area contributed by atoms with E-state index in [2.05, 4.69) is 6.92 Å². The lowest BCUT2D eigenvalue weighted by atomic mass is 9.95. The third-order valence-electron chi connectivity index (χ3n) is 4.44. The molecule has 1 amide bonds. The zero-order valence-corrected chi connectivity index (χ0v) is 10.5. The molecule has 0 spiro atoms. The summed E-state index contributed by atoms with van der Waals surface area (Å²) in [5, 5.41) is 0. The lowest BCUT2D eigenvalue weighted by Crippen LogP contribution is -2.37. The van der Waals surface area contributed by atoms with Gasteiger partial charge in [-0.25, -0.2) is 0 Å². The summed E-state index contributed by atoms with van der Waals surface area (Å²) in [6, 6.07) is 0. The highest BCUT2D eigenvalue weighted by Crippen LogP contribution is 2.39. The first-order chi connectivity index (χ1) is 7.63. The molecule has 2 rings (SSSR count). The van der Waals surface area contributed by atoms with Gasteiger partial charge in [-0.15, -0.1) is 0 Å². The normalized spacial score (nSPS) is 37.4. The summed E-state index contributed by atoms with van der Waals surface area (Å²) >= 11 is 0. The molecule has 3 heteroatoms. The van der Waals surface area contributed by atoms with E-state index >= 15 is 0 Å². The van der Waals surface area contributed by atoms with Crippen LogP contribution in [0.5, 0.6) is 0 Å². The fourth-order valence-electron chi connectivity index (χ4n) is 3.02. The van der Waals surface area contributed by atoms with E-state index in [9.17, 15) is 4.79 Å². The summed E-state index contributed by atoms with van der Waals surface area (Å²) in [6.45, 7) is 3.89. The van der Waals surface area contributed by atoms with Crippen LogP contribution in [0.15, 0.2) is 0 Å². The van der Waals surface area contributed by atoms with E-state index in [-0.39, 0.29) is 5.92 Å². The van der Waals surface area contributed by atoms with Gasteiger partial charge in [0.2, 0.25) is 5.91 Å². The summed E-state index contributed by atoms with van der Waals surface area (Å²) in [4.78, 5) is 14.2. The molecule has 0 aliphatic heterocycles. The Kier molecular flexibility index (Phi) is 3.53. The van der Waals surface area contributed by atoms with Crippen molar-refractivity contribution in [2.75, 3.05) is 20.1 Å². The van der Waals surface area contributed by atoms with Crippen molar-refractivity contribution < 1.29 is 4.79 Å². The van der Waals surface area contributed by atoms with Crippen molar-refractivity contribution in [1.29, 1.82) is 0 Å². The maximum absolute atomic E-state index is 12.3. The molecule has 92 valence electrons. The predicted octanol–water partition coefficient (Wildman–Crippen LogP) is 1.48. The van der Waals surface area contributed by atoms with E-state index in [1.165, 1.54) is 12.8 Å². The molecule has 0 radical (unpaired) electrons. The van der Waals surface area contributed by atoms with Crippen LogP contribution in [0.2, 0.25) is 0 Å². The maximum atomic E-state index is 12.3. The second kappa shape index (κ2) is 4.74. The first-order valence-electron chi connectivity index (χ1n) is 6.58. The monoisotopic (exact) mass is 224 g/mol. The zero-order valence-electron chi connectivity index (χ0n) is 10.5. The molecule has 0 aromatic carbocycles. The minimum absolute atomic E-state index is 0.212. The molecule has 2 N–H and O–H groups in total. The van der Waals surface area contributed by atoms with Crippen LogP contribution in [0, 0.1) is 23.7 Å². The van der Waals surface area contributed by atoms with Crippen molar-refractivity contribution in [2.45, 2.75) is 32.6 Å². The highest BCUT2D eigenvalue weighted by Gasteiger charge is 2.38. The number of amides is 1. The highest BCUT2D eigenvalue weighted by atomic mass is 16.2. The van der Waals surface area contributed by atoms with E-state index in [4.69, 9.17) is 5.73 Å². The topological polar surface area (TPSA) is 46.3 Å². The van der Waals surface area contributed by atoms with Crippen molar-refractivity contribution >= 4 is 5.91 Å². The zero-order chi connectivity index (χ0) is 11.7. The fraction of sp³-hybridized carbons (Fsp3) is 0.923. The molecular weight excluding hydrogens is 200 g/mol. The molecule has 0 aromatic heterocycles. The Morgan fingerprint density at radius 3 is 2.62 bits per heavy atom. The third-order valence-corrected chi connectivity index (χ3v) is 4.44. The number of carbonyl (C=O) groups is 1. The SMILES string of the molecule is CC1CC1CN(C)C(=O)C1CCCC1CN. The molecule has 4 atom stereocenters. The molecule has 4 unspecified atom stereocenters. The van der Waals surface area contributed by atoms with E-state index in [1.54, 1.807) is 0 Å². The van der Waals surface area contributed by atoms with Crippen LogP contribution < -0.4 is 5.73 Å². The number of nitrogens with zero attached hydrogens (tertiary/aromatic N) is 1. The van der Waals surface area contributed by atoms with E-state index in [0.717, 1.165) is 31.2 Å². The molecule has 2 saturated carbocycles. The quantitative estimate of drug-likeness (QED) is 0.786. The van der Waals surface area contributed by atoms with Crippen LogP contribution in [-0.2, 0) is 4.79 Å². The van der Waals surface area contributed by atoms with Gasteiger partial charge in [0.1, 0.15) is 0 Å². The lowest BCUT2D eigenvalue weighted by Gasteiger charge is -2.24. The summed E-state index contributed by atoms with van der Waals surface area (Å²) in [7, 11) is 1.96. The molecule has 0 bridgehead atoms. The van der Waals surface area contributed by atoms with Gasteiger partial charge in [-0.1, -0.05) is 13.3 Å². The van der Waals surface area contributed by atoms with Gasteiger partial charge in [0.05, 0.1) is 0 Å². The largest absolute Gasteiger partial charge is 0.345 e. The van der Waals surface area contributed by atoms with Crippen molar-refractivity contribution in [3.63, 3.8) is 0 Å². The standard InChI is InChI=1S/C13H24N2O/c1-9-6-11(9)8-15(2)13(16)12-5-3-4-10(12)7-14/h9-12H,3-8,14H2,1-2H3. The van der Waals surface area contributed by atoms with Crippen LogP contribution >= 0.6 is 0 Å². The molecule has 0 saturated heterocycles. The number of carbonyl (C=O) groups excluding carboxylic acids is 1. The summed E-state index contributed by atoms with van der Waals surface area (Å²) in [6.07, 6.45) is 4.65. The van der Waals surface area contributed by atoms with Crippen molar-refractivity contribution in [1.82, 2.24) is 4.90 Å². The Balaban J connectivity index is 1.85. The van der Waals surface area contributed by atoms with Crippen molar-refractivity contribution in [3.8, 4) is 0 Å². The number of nitrogens with two attached hydrogens (primary N) is 1. The van der Waals surface area contributed by atoms with Gasteiger partial charge in [-0.2, -0.15) is 0 Å². The number of hydrogen-bond donors (Lipinski definition) is 1. The van der Waals surface area contributed by atoms with Gasteiger partial charge in [0.15, 0.2) is 0 Å². The van der Waals surface area contributed by atoms with Gasteiger partial charge in [0.25, 0.3) is 0 Å². The Morgan fingerprint density at radius 1 is 1.38 bits per heavy atom. The fourth-order valence-corrected chi connectivity index (χ4v) is 3.02. The van der Waals surface area contributed by atoms with Gasteiger partial charge in [-0.3, -0.25) is 4.79 Å². The smallest absolute Gasteiger partial charge is 0.225 e. The van der Waals surface area contributed by atoms with Gasteiger partial charge >= 0.3 is 0 Å². The van der Waals surface area contributed by atoms with Gasteiger partial charge < -0.3 is 10.6 Å². The Morgan fingerprint density at radius 2 is 2.06 bits per heavy atom. The third kappa shape index (κ3) is 2.40. The highest BCUT2D eigenvalue weighted by molar-refractivity contribution is 5.79. The average Bonchev–Trinajstić information content (AvgIpc) is 2.82. The van der Waals surface area contributed by atoms with Crippen LogP contribution in [0.4, 0.5) is 0 Å². The second-order valence-corrected chi connectivity index (χ2v) is 5.73. The summed E-state index contributed by atoms with van der Waals surface area (Å²) in [5.41, 5.74) is 5.73. The molecule has 0 heterocycles. The molecule has 2 fully saturated rings. The first-order valence-corrected chi connectivity index (χ1v) is 6.58. The molecule has 2 aliphatic rings. The number of hydrogen-bond acceptors (Lipinski definition) is 2. The molecule has 2 aliphatic carbocycles. The van der Waals surface area contributed by atoms with E-state index in [0.29, 0.717) is 18.4 Å². The van der Waals surface area contributed by atoms with E-state index in [1.807, 2.05) is 11.9 Å². The molecular formula is C13H24N2O. The average molecular weight is 224 g/mol. The number of rotatable bonds is 4. The van der Waals surface area contributed by atoms with E-state index < -0.39 is 0 Å². The molecule has 0 aromatic rings. The minimum atomic E-state index is 0.212. The maximum Gasteiger partial charge on any atom is 0.225 e.